The van der Waals surface area contributed by atoms with Crippen LogP contribution in [0.15, 0.2) is 223 Å². The van der Waals surface area contributed by atoms with Crippen LogP contribution < -0.4 is 4.90 Å². The monoisotopic (exact) mass is 818 g/mol. The minimum absolute atomic E-state index is 0.125. The van der Waals surface area contributed by atoms with Gasteiger partial charge in [-0.25, -0.2) is 0 Å². The number of fused-ring (bicyclic) bond motifs is 11. The van der Waals surface area contributed by atoms with Gasteiger partial charge in [0.05, 0.1) is 16.7 Å². The fraction of sp³-hybridized carbons (Fsp3) is 0.0492. The van der Waals surface area contributed by atoms with E-state index in [2.05, 4.69) is 242 Å². The second-order valence-electron chi connectivity index (χ2n) is 17.7. The van der Waals surface area contributed by atoms with Crippen molar-refractivity contribution >= 4 is 71.6 Å². The van der Waals surface area contributed by atoms with Crippen LogP contribution in [0.4, 0.5) is 17.1 Å². The van der Waals surface area contributed by atoms with E-state index in [1.165, 1.54) is 60.6 Å². The van der Waals surface area contributed by atoms with Crippen molar-refractivity contribution in [3.63, 3.8) is 0 Å². The van der Waals surface area contributed by atoms with E-state index in [9.17, 15) is 0 Å². The lowest BCUT2D eigenvalue weighted by Gasteiger charge is -2.29. The molecular formula is C61H42N2O. The van der Waals surface area contributed by atoms with Crippen LogP contribution in [0.1, 0.15) is 25.0 Å². The van der Waals surface area contributed by atoms with Crippen molar-refractivity contribution in [1.29, 1.82) is 0 Å². The molecule has 0 bridgehead atoms. The van der Waals surface area contributed by atoms with Crippen molar-refractivity contribution in [2.45, 2.75) is 19.3 Å². The molecule has 1 aliphatic rings. The van der Waals surface area contributed by atoms with Gasteiger partial charge in [-0.15, -0.1) is 0 Å². The first-order valence-corrected chi connectivity index (χ1v) is 22.2. The quantitative estimate of drug-likeness (QED) is 0.167. The maximum absolute atomic E-state index is 6.77. The lowest BCUT2D eigenvalue weighted by Crippen LogP contribution is -2.16. The van der Waals surface area contributed by atoms with E-state index in [1.54, 1.807) is 0 Å². The smallest absolute Gasteiger partial charge is 0.143 e. The number of aromatic nitrogens is 1. The number of nitrogens with zero attached hydrogens (tertiary/aromatic N) is 2. The molecule has 12 aromatic rings. The van der Waals surface area contributed by atoms with Gasteiger partial charge < -0.3 is 13.9 Å². The van der Waals surface area contributed by atoms with E-state index in [0.29, 0.717) is 0 Å². The second-order valence-corrected chi connectivity index (χ2v) is 17.7. The number of hydrogen-bond donors (Lipinski definition) is 0. The molecular weight excluding hydrogens is 777 g/mol. The summed E-state index contributed by atoms with van der Waals surface area (Å²) in [7, 11) is 0. The molecule has 3 heteroatoms. The zero-order valence-electron chi connectivity index (χ0n) is 35.6. The van der Waals surface area contributed by atoms with E-state index in [-0.39, 0.29) is 5.41 Å². The minimum Gasteiger partial charge on any atom is -0.455 e. The first kappa shape index (κ1) is 36.5. The largest absolute Gasteiger partial charge is 0.455 e. The third-order valence-electron chi connectivity index (χ3n) is 13.8. The highest BCUT2D eigenvalue weighted by atomic mass is 16.3. The van der Waals surface area contributed by atoms with Crippen LogP contribution in [0, 0.1) is 0 Å². The average molecular weight is 819 g/mol. The Labute approximate surface area is 371 Å². The molecule has 0 fully saturated rings. The van der Waals surface area contributed by atoms with Gasteiger partial charge in [-0.2, -0.15) is 0 Å². The molecule has 0 unspecified atom stereocenters. The second kappa shape index (κ2) is 13.9. The van der Waals surface area contributed by atoms with Gasteiger partial charge >= 0.3 is 0 Å². The lowest BCUT2D eigenvalue weighted by atomic mass is 9.82. The fourth-order valence-electron chi connectivity index (χ4n) is 10.7. The summed E-state index contributed by atoms with van der Waals surface area (Å²) in [6, 6.07) is 79.5. The lowest BCUT2D eigenvalue weighted by molar-refractivity contribution is 0.660. The zero-order valence-corrected chi connectivity index (χ0v) is 35.6. The predicted octanol–water partition coefficient (Wildman–Crippen LogP) is 16.9. The molecule has 3 nitrogen and oxygen atoms in total. The number of hydrogen-bond acceptors (Lipinski definition) is 2. The Balaban J connectivity index is 0.941. The summed E-state index contributed by atoms with van der Waals surface area (Å²) in [6.07, 6.45) is 0. The molecule has 0 atom stereocenters. The average Bonchev–Trinajstić information content (AvgIpc) is 3.98. The molecule has 2 aromatic heterocycles. The van der Waals surface area contributed by atoms with Crippen LogP contribution in [0.3, 0.4) is 0 Å². The van der Waals surface area contributed by atoms with E-state index in [1.807, 2.05) is 0 Å². The van der Waals surface area contributed by atoms with Gasteiger partial charge in [0.2, 0.25) is 0 Å². The van der Waals surface area contributed by atoms with Crippen molar-refractivity contribution in [2.75, 3.05) is 4.90 Å². The van der Waals surface area contributed by atoms with Crippen LogP contribution in [0.2, 0.25) is 0 Å². The summed E-state index contributed by atoms with van der Waals surface area (Å²) in [6.45, 7) is 4.70. The molecule has 0 saturated carbocycles. The van der Waals surface area contributed by atoms with Crippen LogP contribution in [0.5, 0.6) is 0 Å². The predicted molar refractivity (Wildman–Crippen MR) is 269 cm³/mol. The molecule has 0 spiro atoms. The fourth-order valence-corrected chi connectivity index (χ4v) is 10.7. The highest BCUT2D eigenvalue weighted by molar-refractivity contribution is 6.17. The number of rotatable bonds is 6. The first-order valence-electron chi connectivity index (χ1n) is 22.2. The molecule has 0 radical (unpaired) electrons. The van der Waals surface area contributed by atoms with Crippen LogP contribution >= 0.6 is 0 Å². The molecule has 13 rings (SSSR count). The minimum atomic E-state index is -0.125. The van der Waals surface area contributed by atoms with Gasteiger partial charge in [-0.3, -0.25) is 0 Å². The topological polar surface area (TPSA) is 21.3 Å². The van der Waals surface area contributed by atoms with Gasteiger partial charge in [-0.1, -0.05) is 166 Å². The third-order valence-corrected chi connectivity index (χ3v) is 13.8. The van der Waals surface area contributed by atoms with Crippen molar-refractivity contribution in [1.82, 2.24) is 4.57 Å². The van der Waals surface area contributed by atoms with Gasteiger partial charge in [0.1, 0.15) is 11.2 Å². The van der Waals surface area contributed by atoms with Crippen molar-refractivity contribution in [3.05, 3.63) is 230 Å². The number of para-hydroxylation sites is 3. The summed E-state index contributed by atoms with van der Waals surface area (Å²) in [5.74, 6) is 0. The van der Waals surface area contributed by atoms with E-state index in [0.717, 1.165) is 61.2 Å². The van der Waals surface area contributed by atoms with Gasteiger partial charge in [0, 0.05) is 60.5 Å². The summed E-state index contributed by atoms with van der Waals surface area (Å²) in [4.78, 5) is 2.44. The molecule has 0 aliphatic heterocycles. The normalized spacial score (nSPS) is 13.0. The molecule has 64 heavy (non-hydrogen) atoms. The Hall–Kier alpha value is -8.14. The van der Waals surface area contributed by atoms with Gasteiger partial charge in [0.15, 0.2) is 0 Å². The maximum Gasteiger partial charge on any atom is 0.143 e. The summed E-state index contributed by atoms with van der Waals surface area (Å²) in [5, 5.41) is 7.08. The Morgan fingerprint density at radius 1 is 0.406 bits per heavy atom. The standard InChI is InChI=1S/C61H42N2O/c1-61(2)53-22-10-8-19-51(53)58-54(61)23-13-25-57(58)62(45-34-28-41(29-35-45)47-20-12-21-49-50-36-30-40-14-6-7-17-46(40)60(50)64-59(47)49)44-32-26-39(27-33-44)42-31-37-56-52(38-42)48-18-9-11-24-55(48)63(56)43-15-4-3-5-16-43/h3-38H,1-2H3. The summed E-state index contributed by atoms with van der Waals surface area (Å²) in [5.41, 5.74) is 18.5. The van der Waals surface area contributed by atoms with E-state index < -0.39 is 0 Å². The van der Waals surface area contributed by atoms with Crippen molar-refractivity contribution < 1.29 is 4.42 Å². The zero-order chi connectivity index (χ0) is 42.5. The highest BCUT2D eigenvalue weighted by Crippen LogP contribution is 2.54. The van der Waals surface area contributed by atoms with Gasteiger partial charge in [-0.05, 0) is 105 Å². The van der Waals surface area contributed by atoms with Crippen molar-refractivity contribution in [3.8, 4) is 39.1 Å². The number of benzene rings is 10. The Kier molecular flexibility index (Phi) is 7.95. The van der Waals surface area contributed by atoms with Crippen molar-refractivity contribution in [2.24, 2.45) is 0 Å². The molecule has 302 valence electrons. The molecule has 0 saturated heterocycles. The van der Waals surface area contributed by atoms with E-state index in [4.69, 9.17) is 4.42 Å². The molecule has 10 aromatic carbocycles. The Morgan fingerprint density at radius 2 is 1.02 bits per heavy atom. The van der Waals surface area contributed by atoms with Crippen LogP contribution in [-0.2, 0) is 5.41 Å². The maximum atomic E-state index is 6.77. The Bertz CT molecular complexity index is 3800. The van der Waals surface area contributed by atoms with E-state index >= 15 is 0 Å². The molecule has 1 aliphatic carbocycles. The van der Waals surface area contributed by atoms with Crippen LogP contribution in [-0.4, -0.2) is 4.57 Å². The molecule has 0 N–H and O–H groups in total. The first-order chi connectivity index (χ1) is 31.5. The molecule has 0 amide bonds. The summed E-state index contributed by atoms with van der Waals surface area (Å²) < 4.78 is 9.15. The summed E-state index contributed by atoms with van der Waals surface area (Å²) >= 11 is 0. The molecule has 2 heterocycles. The Morgan fingerprint density at radius 3 is 1.84 bits per heavy atom. The van der Waals surface area contributed by atoms with Gasteiger partial charge in [0.25, 0.3) is 0 Å². The highest BCUT2D eigenvalue weighted by Gasteiger charge is 2.37. The van der Waals surface area contributed by atoms with Crippen LogP contribution in [0.25, 0.3) is 93.6 Å². The number of anilines is 3. The SMILES string of the molecule is CC1(C)c2ccccc2-c2c(N(c3ccc(-c4ccc5c(c4)c4ccccc4n5-c4ccccc4)cc3)c3ccc(-c4cccc5c4oc4c6ccccc6ccc54)cc3)cccc21. The number of furan rings is 1. The third kappa shape index (κ3) is 5.41.